The van der Waals surface area contributed by atoms with Gasteiger partial charge in [0.05, 0.1) is 11.4 Å². The Balaban J connectivity index is 1.32. The van der Waals surface area contributed by atoms with Gasteiger partial charge in [-0.25, -0.2) is 9.59 Å². The average molecular weight is 451 g/mol. The summed E-state index contributed by atoms with van der Waals surface area (Å²) < 4.78 is 5.48. The van der Waals surface area contributed by atoms with Crippen LogP contribution < -0.4 is 11.1 Å². The van der Waals surface area contributed by atoms with Crippen molar-refractivity contribution in [2.24, 2.45) is 5.41 Å². The number of carbonyl (C=O) groups is 2. The van der Waals surface area contributed by atoms with Crippen LogP contribution in [0.25, 0.3) is 11.1 Å². The van der Waals surface area contributed by atoms with Crippen LogP contribution >= 0.6 is 0 Å². The Morgan fingerprint density at radius 2 is 1.58 bits per heavy atom. The number of ether oxygens (including phenoxy) is 1. The number of urea groups is 1. The van der Waals surface area contributed by atoms with Crippen LogP contribution in [0, 0.1) is 12.3 Å². The fourth-order valence-electron chi connectivity index (χ4n) is 4.50. The van der Waals surface area contributed by atoms with Crippen LogP contribution in [0.2, 0.25) is 0 Å². The molecule has 2 heterocycles. The lowest BCUT2D eigenvalue weighted by molar-refractivity contribution is -0.0300. The molecule has 33 heavy (non-hydrogen) atoms. The van der Waals surface area contributed by atoms with Crippen LogP contribution in [-0.2, 0) is 4.74 Å². The van der Waals surface area contributed by atoms with Crippen molar-refractivity contribution in [2.75, 3.05) is 37.2 Å². The van der Waals surface area contributed by atoms with E-state index >= 15 is 0 Å². The third-order valence-corrected chi connectivity index (χ3v) is 6.50. The number of rotatable bonds is 2. The normalized spacial score (nSPS) is 17.5. The monoisotopic (exact) mass is 450 g/mol. The van der Waals surface area contributed by atoms with Gasteiger partial charge < -0.3 is 25.6 Å². The molecule has 2 fully saturated rings. The first-order chi connectivity index (χ1) is 15.5. The number of benzene rings is 2. The number of nitrogens with one attached hydrogen (secondary N) is 1. The van der Waals surface area contributed by atoms with Gasteiger partial charge in [0.2, 0.25) is 0 Å². The minimum atomic E-state index is -0.490. The predicted octanol–water partition coefficient (Wildman–Crippen LogP) is 5.11. The van der Waals surface area contributed by atoms with E-state index in [4.69, 9.17) is 10.5 Å². The number of nitrogen functional groups attached to an aromatic ring is 1. The number of likely N-dealkylation sites (tertiary alicyclic amines) is 2. The molecule has 7 nitrogen and oxygen atoms in total. The Bertz CT molecular complexity index is 1030. The Kier molecular flexibility index (Phi) is 5.99. The summed E-state index contributed by atoms with van der Waals surface area (Å²) in [4.78, 5) is 28.8. The van der Waals surface area contributed by atoms with Gasteiger partial charge in [-0.2, -0.15) is 0 Å². The summed E-state index contributed by atoms with van der Waals surface area (Å²) in [5.74, 6) is 0. The Hall–Kier alpha value is -3.22. The molecule has 0 bridgehead atoms. The van der Waals surface area contributed by atoms with Crippen molar-refractivity contribution in [3.05, 3.63) is 48.0 Å². The molecule has 0 radical (unpaired) electrons. The first kappa shape index (κ1) is 23.0. The van der Waals surface area contributed by atoms with Gasteiger partial charge in [0, 0.05) is 31.6 Å². The second-order valence-corrected chi connectivity index (χ2v) is 10.4. The summed E-state index contributed by atoms with van der Waals surface area (Å²) in [6, 6.07) is 13.8. The molecule has 2 aliphatic heterocycles. The van der Waals surface area contributed by atoms with Gasteiger partial charge in [0.25, 0.3) is 0 Å². The zero-order valence-electron chi connectivity index (χ0n) is 20.0. The summed E-state index contributed by atoms with van der Waals surface area (Å²) in [7, 11) is 0. The lowest BCUT2D eigenvalue weighted by atomic mass is 9.72. The van der Waals surface area contributed by atoms with Crippen molar-refractivity contribution >= 4 is 23.5 Å². The number of aryl methyl sites for hydroxylation is 1. The topological polar surface area (TPSA) is 87.9 Å². The van der Waals surface area contributed by atoms with Gasteiger partial charge in [-0.1, -0.05) is 35.9 Å². The first-order valence-corrected chi connectivity index (χ1v) is 11.5. The van der Waals surface area contributed by atoms with Gasteiger partial charge in [0.15, 0.2) is 0 Å². The SMILES string of the molecule is Cc1ccc(-c2ccc(N)c(NC(=O)N3CC4(CCN(C(=O)OC(C)(C)C)CC4)C3)c2)cc1. The van der Waals surface area contributed by atoms with Gasteiger partial charge in [-0.3, -0.25) is 0 Å². The minimum Gasteiger partial charge on any atom is -0.444 e. The molecule has 2 saturated heterocycles. The van der Waals surface area contributed by atoms with Gasteiger partial charge in [-0.05, 0) is 63.8 Å². The molecular formula is C26H34N4O3. The number of carbonyl (C=O) groups excluding carboxylic acids is 2. The number of anilines is 2. The maximum Gasteiger partial charge on any atom is 0.410 e. The highest BCUT2D eigenvalue weighted by Gasteiger charge is 2.47. The molecule has 2 aromatic rings. The second kappa shape index (κ2) is 8.61. The van der Waals surface area contributed by atoms with Crippen LogP contribution in [0.15, 0.2) is 42.5 Å². The highest BCUT2D eigenvalue weighted by atomic mass is 16.6. The quantitative estimate of drug-likeness (QED) is 0.623. The number of nitrogens with zero attached hydrogens (tertiary/aromatic N) is 2. The van der Waals surface area contributed by atoms with Crippen LogP contribution in [0.1, 0.15) is 39.2 Å². The fraction of sp³-hybridized carbons (Fsp3) is 0.462. The van der Waals surface area contributed by atoms with Gasteiger partial charge in [0.1, 0.15) is 5.60 Å². The summed E-state index contributed by atoms with van der Waals surface area (Å²) >= 11 is 0. The van der Waals surface area contributed by atoms with Crippen LogP contribution in [0.5, 0.6) is 0 Å². The fourth-order valence-corrected chi connectivity index (χ4v) is 4.50. The Morgan fingerprint density at radius 1 is 0.970 bits per heavy atom. The number of piperidine rings is 1. The van der Waals surface area contributed by atoms with Crippen molar-refractivity contribution in [2.45, 2.75) is 46.1 Å². The van der Waals surface area contributed by atoms with E-state index < -0.39 is 5.60 Å². The smallest absolute Gasteiger partial charge is 0.410 e. The highest BCUT2D eigenvalue weighted by molar-refractivity contribution is 5.94. The van der Waals surface area contributed by atoms with E-state index in [1.165, 1.54) is 5.56 Å². The van der Waals surface area contributed by atoms with Crippen LogP contribution in [-0.4, -0.2) is 53.7 Å². The summed E-state index contributed by atoms with van der Waals surface area (Å²) in [5, 5.41) is 2.99. The number of nitrogens with two attached hydrogens (primary N) is 1. The largest absolute Gasteiger partial charge is 0.444 e. The van der Waals surface area contributed by atoms with Gasteiger partial charge >= 0.3 is 12.1 Å². The molecule has 3 N–H and O–H groups in total. The van der Waals surface area contributed by atoms with E-state index in [1.807, 2.05) is 43.9 Å². The zero-order valence-corrected chi connectivity index (χ0v) is 20.0. The van der Waals surface area contributed by atoms with E-state index in [0.29, 0.717) is 37.6 Å². The molecule has 0 aromatic heterocycles. The summed E-state index contributed by atoms with van der Waals surface area (Å²) in [5.41, 5.74) is 10.2. The van der Waals surface area contributed by atoms with Crippen molar-refractivity contribution in [3.63, 3.8) is 0 Å². The number of amides is 3. The van der Waals surface area contributed by atoms with E-state index in [1.54, 1.807) is 4.90 Å². The van der Waals surface area contributed by atoms with Crippen molar-refractivity contribution < 1.29 is 14.3 Å². The third kappa shape index (κ3) is 5.24. The van der Waals surface area contributed by atoms with Crippen LogP contribution in [0.4, 0.5) is 21.0 Å². The minimum absolute atomic E-state index is 0.0884. The lowest BCUT2D eigenvalue weighted by Gasteiger charge is -2.53. The Labute approximate surface area is 195 Å². The molecule has 176 valence electrons. The number of hydrogen-bond donors (Lipinski definition) is 2. The molecule has 0 unspecified atom stereocenters. The van der Waals surface area contributed by atoms with E-state index in [2.05, 4.69) is 36.5 Å². The van der Waals surface area contributed by atoms with Crippen LogP contribution in [0.3, 0.4) is 0 Å². The molecule has 4 rings (SSSR count). The second-order valence-electron chi connectivity index (χ2n) is 10.4. The highest BCUT2D eigenvalue weighted by Crippen LogP contribution is 2.41. The molecule has 3 amide bonds. The summed E-state index contributed by atoms with van der Waals surface area (Å²) in [6.45, 7) is 10.4. The molecule has 0 aliphatic carbocycles. The standard InChI is InChI=1S/C26H34N4O3/c1-18-5-7-19(8-6-18)20-9-10-21(27)22(15-20)28-23(31)30-16-26(17-30)11-13-29(14-12-26)24(32)33-25(2,3)4/h5-10,15H,11-14,16-17,27H2,1-4H3,(H,28,31). The van der Waals surface area contributed by atoms with Crippen molar-refractivity contribution in [1.29, 1.82) is 0 Å². The maximum absolute atomic E-state index is 12.9. The molecule has 0 saturated carbocycles. The summed E-state index contributed by atoms with van der Waals surface area (Å²) in [6.07, 6.45) is 1.50. The lowest BCUT2D eigenvalue weighted by Crippen LogP contribution is -2.63. The molecule has 2 aliphatic rings. The zero-order chi connectivity index (χ0) is 23.8. The van der Waals surface area contributed by atoms with Gasteiger partial charge in [-0.15, -0.1) is 0 Å². The van der Waals surface area contributed by atoms with Crippen molar-refractivity contribution in [1.82, 2.24) is 9.80 Å². The molecule has 2 aromatic carbocycles. The number of hydrogen-bond acceptors (Lipinski definition) is 4. The van der Waals surface area contributed by atoms with E-state index in [-0.39, 0.29) is 17.5 Å². The maximum atomic E-state index is 12.9. The van der Waals surface area contributed by atoms with E-state index in [9.17, 15) is 9.59 Å². The molecule has 7 heteroatoms. The third-order valence-electron chi connectivity index (χ3n) is 6.50. The molecular weight excluding hydrogens is 416 g/mol. The molecule has 0 atom stereocenters. The molecule has 1 spiro atoms. The average Bonchev–Trinajstić information content (AvgIpc) is 2.73. The predicted molar refractivity (Wildman–Crippen MR) is 131 cm³/mol. The van der Waals surface area contributed by atoms with Crippen molar-refractivity contribution in [3.8, 4) is 11.1 Å². The Morgan fingerprint density at radius 3 is 2.18 bits per heavy atom. The first-order valence-electron chi connectivity index (χ1n) is 11.5. The van der Waals surface area contributed by atoms with E-state index in [0.717, 1.165) is 24.0 Å².